The molecule has 0 radical (unpaired) electrons. The van der Waals surface area contributed by atoms with Gasteiger partial charge in [-0.1, -0.05) is 54.6 Å². The summed E-state index contributed by atoms with van der Waals surface area (Å²) in [6, 6.07) is 20.1. The molecule has 28 heavy (non-hydrogen) atoms. The zero-order valence-corrected chi connectivity index (χ0v) is 17.0. The fourth-order valence-electron chi connectivity index (χ4n) is 3.93. The minimum Gasteiger partial charge on any atom is -0.466 e. The molecule has 0 bridgehead atoms. The Balaban J connectivity index is 1.57. The quantitative estimate of drug-likeness (QED) is 0.563. The maximum absolute atomic E-state index is 11.2. The van der Waals surface area contributed by atoms with Gasteiger partial charge in [-0.05, 0) is 36.6 Å². The van der Waals surface area contributed by atoms with E-state index in [1.807, 2.05) is 0 Å². The summed E-state index contributed by atoms with van der Waals surface area (Å²) < 4.78 is 4.63. The predicted octanol–water partition coefficient (Wildman–Crippen LogP) is 3.97. The first-order valence-corrected chi connectivity index (χ1v) is 9.92. The van der Waals surface area contributed by atoms with E-state index >= 15 is 0 Å². The summed E-state index contributed by atoms with van der Waals surface area (Å²) in [5.74, 6) is -0.333. The Morgan fingerprint density at radius 2 is 1.57 bits per heavy atom. The van der Waals surface area contributed by atoms with E-state index in [9.17, 15) is 4.79 Å². The topological polar surface area (TPSA) is 32.8 Å². The van der Waals surface area contributed by atoms with Gasteiger partial charge in [-0.15, -0.1) is 0 Å². The first-order valence-electron chi connectivity index (χ1n) is 9.92. The van der Waals surface area contributed by atoms with Crippen molar-refractivity contribution in [2.24, 2.45) is 0 Å². The van der Waals surface area contributed by atoms with Crippen molar-refractivity contribution in [1.29, 1.82) is 0 Å². The van der Waals surface area contributed by atoms with Gasteiger partial charge in [0.2, 0.25) is 0 Å². The fourth-order valence-corrected chi connectivity index (χ4v) is 3.93. The van der Waals surface area contributed by atoms with Crippen LogP contribution >= 0.6 is 0 Å². The molecule has 1 heterocycles. The van der Waals surface area contributed by atoms with Crippen molar-refractivity contribution in [2.45, 2.75) is 39.0 Å². The van der Waals surface area contributed by atoms with Crippen molar-refractivity contribution in [2.75, 3.05) is 20.2 Å². The van der Waals surface area contributed by atoms with E-state index in [1.54, 1.807) is 6.08 Å². The number of benzene rings is 2. The summed E-state index contributed by atoms with van der Waals surface area (Å²) in [4.78, 5) is 16.4. The lowest BCUT2D eigenvalue weighted by Gasteiger charge is -2.44. The molecule has 3 rings (SSSR count). The highest BCUT2D eigenvalue weighted by atomic mass is 16.5. The molecule has 2 aromatic carbocycles. The number of rotatable bonds is 6. The maximum atomic E-state index is 11.2. The normalized spacial score (nSPS) is 21.1. The maximum Gasteiger partial charge on any atom is 0.330 e. The van der Waals surface area contributed by atoms with Gasteiger partial charge in [-0.3, -0.25) is 9.80 Å². The Bertz CT molecular complexity index is 774. The summed E-state index contributed by atoms with van der Waals surface area (Å²) >= 11 is 0. The van der Waals surface area contributed by atoms with Gasteiger partial charge in [0.05, 0.1) is 7.11 Å². The molecule has 4 heteroatoms. The van der Waals surface area contributed by atoms with Gasteiger partial charge < -0.3 is 4.74 Å². The Morgan fingerprint density at radius 1 is 0.964 bits per heavy atom. The van der Waals surface area contributed by atoms with E-state index < -0.39 is 0 Å². The van der Waals surface area contributed by atoms with Crippen LogP contribution in [0.25, 0.3) is 6.08 Å². The Hall–Kier alpha value is -2.43. The molecule has 2 atom stereocenters. The zero-order valence-electron chi connectivity index (χ0n) is 17.0. The highest BCUT2D eigenvalue weighted by molar-refractivity contribution is 5.86. The fraction of sp³-hybridized carbons (Fsp3) is 0.375. The van der Waals surface area contributed by atoms with Crippen LogP contribution < -0.4 is 0 Å². The van der Waals surface area contributed by atoms with Crippen LogP contribution in [0.1, 0.15) is 30.5 Å². The Labute approximate surface area is 168 Å². The number of carbonyl (C=O) groups excluding carboxylic acids is 1. The van der Waals surface area contributed by atoms with E-state index in [0.717, 1.165) is 31.7 Å². The van der Waals surface area contributed by atoms with Crippen LogP contribution in [0.2, 0.25) is 0 Å². The average Bonchev–Trinajstić information content (AvgIpc) is 2.70. The van der Waals surface area contributed by atoms with E-state index in [1.165, 1.54) is 24.3 Å². The largest absolute Gasteiger partial charge is 0.466 e. The van der Waals surface area contributed by atoms with Gasteiger partial charge in [0.1, 0.15) is 0 Å². The summed E-state index contributed by atoms with van der Waals surface area (Å²) in [5, 5.41) is 0. The summed E-state index contributed by atoms with van der Waals surface area (Å²) in [7, 11) is 1.39. The van der Waals surface area contributed by atoms with Gasteiger partial charge in [-0.2, -0.15) is 0 Å². The molecule has 1 saturated heterocycles. The monoisotopic (exact) mass is 378 g/mol. The third-order valence-corrected chi connectivity index (χ3v) is 5.38. The molecule has 0 saturated carbocycles. The molecule has 0 spiro atoms. The number of hydrogen-bond donors (Lipinski definition) is 0. The SMILES string of the molecule is COC(=O)C=Cc1ccc(CN2[C@H](C)CN(Cc3ccccc3)C[C@@H]2C)cc1. The number of esters is 1. The van der Waals surface area contributed by atoms with Crippen LogP contribution in [0.4, 0.5) is 0 Å². The zero-order chi connectivity index (χ0) is 19.9. The van der Waals surface area contributed by atoms with E-state index in [0.29, 0.717) is 12.1 Å². The van der Waals surface area contributed by atoms with Crippen molar-refractivity contribution >= 4 is 12.0 Å². The van der Waals surface area contributed by atoms with Crippen molar-refractivity contribution in [3.63, 3.8) is 0 Å². The second-order valence-electron chi connectivity index (χ2n) is 7.65. The highest BCUT2D eigenvalue weighted by Gasteiger charge is 2.29. The van der Waals surface area contributed by atoms with Crippen molar-refractivity contribution in [3.05, 3.63) is 77.4 Å². The number of nitrogens with zero attached hydrogens (tertiary/aromatic N) is 2. The molecule has 0 amide bonds. The van der Waals surface area contributed by atoms with Crippen LogP contribution in [0.5, 0.6) is 0 Å². The molecule has 0 aliphatic carbocycles. The van der Waals surface area contributed by atoms with E-state index in [4.69, 9.17) is 0 Å². The van der Waals surface area contributed by atoms with Gasteiger partial charge in [0.25, 0.3) is 0 Å². The summed E-state index contributed by atoms with van der Waals surface area (Å²) in [6.45, 7) is 8.77. The van der Waals surface area contributed by atoms with E-state index in [2.05, 4.69) is 83.0 Å². The van der Waals surface area contributed by atoms with Crippen molar-refractivity contribution in [3.8, 4) is 0 Å². The number of hydrogen-bond acceptors (Lipinski definition) is 4. The van der Waals surface area contributed by atoms with Crippen LogP contribution in [-0.2, 0) is 22.6 Å². The van der Waals surface area contributed by atoms with Crippen LogP contribution in [-0.4, -0.2) is 48.1 Å². The molecule has 4 nitrogen and oxygen atoms in total. The molecular formula is C24H30N2O2. The highest BCUT2D eigenvalue weighted by Crippen LogP contribution is 2.21. The van der Waals surface area contributed by atoms with E-state index in [-0.39, 0.29) is 5.97 Å². The Morgan fingerprint density at radius 3 is 2.18 bits per heavy atom. The van der Waals surface area contributed by atoms with Gasteiger partial charge in [-0.25, -0.2) is 4.79 Å². The third-order valence-electron chi connectivity index (χ3n) is 5.38. The molecule has 0 unspecified atom stereocenters. The van der Waals surface area contributed by atoms with Crippen LogP contribution in [0.15, 0.2) is 60.7 Å². The molecular weight excluding hydrogens is 348 g/mol. The molecule has 0 N–H and O–H groups in total. The lowest BCUT2D eigenvalue weighted by Crippen LogP contribution is -2.55. The summed E-state index contributed by atoms with van der Waals surface area (Å²) in [6.07, 6.45) is 3.23. The first kappa shape index (κ1) is 20.3. The number of carbonyl (C=O) groups is 1. The lowest BCUT2D eigenvalue weighted by atomic mass is 10.0. The molecule has 1 aliphatic rings. The Kier molecular flexibility index (Phi) is 7.01. The van der Waals surface area contributed by atoms with Gasteiger partial charge >= 0.3 is 5.97 Å². The first-order chi connectivity index (χ1) is 13.5. The second kappa shape index (κ2) is 9.67. The summed E-state index contributed by atoms with van der Waals surface area (Å²) in [5.41, 5.74) is 3.68. The number of piperazine rings is 1. The lowest BCUT2D eigenvalue weighted by molar-refractivity contribution is -0.134. The van der Waals surface area contributed by atoms with Crippen molar-refractivity contribution < 1.29 is 9.53 Å². The van der Waals surface area contributed by atoms with Crippen LogP contribution in [0.3, 0.4) is 0 Å². The smallest absolute Gasteiger partial charge is 0.330 e. The van der Waals surface area contributed by atoms with Crippen molar-refractivity contribution in [1.82, 2.24) is 9.80 Å². The molecule has 1 aliphatic heterocycles. The third kappa shape index (κ3) is 5.54. The van der Waals surface area contributed by atoms with Gasteiger partial charge in [0.15, 0.2) is 0 Å². The molecule has 148 valence electrons. The minimum atomic E-state index is -0.333. The average molecular weight is 379 g/mol. The molecule has 1 fully saturated rings. The standard InChI is InChI=1S/C24H30N2O2/c1-19-15-25(17-22-7-5-4-6-8-22)16-20(2)26(19)18-23-11-9-21(10-12-23)13-14-24(27)28-3/h4-14,19-20H,15-18H2,1-3H3/t19-,20+. The second-order valence-corrected chi connectivity index (χ2v) is 7.65. The minimum absolute atomic E-state index is 0.333. The number of ether oxygens (including phenoxy) is 1. The molecule has 0 aromatic heterocycles. The number of methoxy groups -OCH3 is 1. The molecule has 2 aromatic rings. The van der Waals surface area contributed by atoms with Gasteiger partial charge in [0, 0.05) is 44.3 Å². The predicted molar refractivity (Wildman–Crippen MR) is 114 cm³/mol. The van der Waals surface area contributed by atoms with Crippen LogP contribution in [0, 0.1) is 0 Å².